The molecule has 2 fully saturated rings. The third kappa shape index (κ3) is 2.72. The smallest absolute Gasteiger partial charge is 0.240 e. The Bertz CT molecular complexity index is 441. The van der Waals surface area contributed by atoms with E-state index in [1.54, 1.807) is 11.3 Å². The van der Waals surface area contributed by atoms with E-state index in [0.717, 1.165) is 30.1 Å². The van der Waals surface area contributed by atoms with Crippen LogP contribution in [0, 0.1) is 6.92 Å². The Labute approximate surface area is 111 Å². The Balaban J connectivity index is 1.62. The van der Waals surface area contributed by atoms with Crippen molar-refractivity contribution in [2.45, 2.75) is 51.2 Å². The van der Waals surface area contributed by atoms with Crippen LogP contribution in [0.5, 0.6) is 0 Å². The van der Waals surface area contributed by atoms with Gasteiger partial charge in [-0.2, -0.15) is 0 Å². The molecule has 2 aliphatic rings. The lowest BCUT2D eigenvalue weighted by molar-refractivity contribution is -0.136. The highest BCUT2D eigenvalue weighted by molar-refractivity contribution is 7.09. The number of hydrogen-bond acceptors (Lipinski definition) is 4. The molecular formula is C13H19N3OS. The lowest BCUT2D eigenvalue weighted by Gasteiger charge is -2.32. The molecule has 1 saturated heterocycles. The largest absolute Gasteiger partial charge is 0.335 e. The molecule has 1 aliphatic carbocycles. The first-order chi connectivity index (χ1) is 8.72. The Hall–Kier alpha value is -0.940. The lowest BCUT2D eigenvalue weighted by atomic mass is 10.0. The molecule has 0 aromatic carbocycles. The lowest BCUT2D eigenvalue weighted by Crippen LogP contribution is -2.50. The van der Waals surface area contributed by atoms with Gasteiger partial charge in [0.2, 0.25) is 5.91 Å². The number of aryl methyl sites for hydroxylation is 1. The summed E-state index contributed by atoms with van der Waals surface area (Å²) in [5.41, 5.74) is 1.05. The van der Waals surface area contributed by atoms with Gasteiger partial charge >= 0.3 is 0 Å². The molecule has 4 nitrogen and oxygen atoms in total. The summed E-state index contributed by atoms with van der Waals surface area (Å²) in [6, 6.07) is 0.647. The van der Waals surface area contributed by atoms with Crippen molar-refractivity contribution in [2.24, 2.45) is 0 Å². The van der Waals surface area contributed by atoms with Gasteiger partial charge in [-0.25, -0.2) is 4.98 Å². The minimum Gasteiger partial charge on any atom is -0.335 e. The van der Waals surface area contributed by atoms with Crippen molar-refractivity contribution in [1.82, 2.24) is 15.2 Å². The van der Waals surface area contributed by atoms with Gasteiger partial charge in [0.25, 0.3) is 0 Å². The number of piperidine rings is 1. The molecule has 3 rings (SSSR count). The molecule has 1 aromatic rings. The summed E-state index contributed by atoms with van der Waals surface area (Å²) in [7, 11) is 0. The van der Waals surface area contributed by atoms with Crippen molar-refractivity contribution < 1.29 is 4.79 Å². The molecule has 1 atom stereocenters. The number of carbonyl (C=O) groups excluding carboxylic acids is 1. The van der Waals surface area contributed by atoms with E-state index in [9.17, 15) is 4.79 Å². The molecule has 1 unspecified atom stereocenters. The highest BCUT2D eigenvalue weighted by atomic mass is 32.1. The van der Waals surface area contributed by atoms with Gasteiger partial charge in [-0.3, -0.25) is 4.79 Å². The van der Waals surface area contributed by atoms with Gasteiger partial charge in [0.15, 0.2) is 0 Å². The van der Waals surface area contributed by atoms with E-state index in [1.807, 2.05) is 17.2 Å². The van der Waals surface area contributed by atoms with Crippen LogP contribution in [0.2, 0.25) is 0 Å². The fourth-order valence-corrected chi connectivity index (χ4v) is 3.21. The number of aromatic nitrogens is 1. The summed E-state index contributed by atoms with van der Waals surface area (Å²) < 4.78 is 0. The van der Waals surface area contributed by atoms with Gasteiger partial charge in [0, 0.05) is 23.7 Å². The average molecular weight is 265 g/mol. The third-order valence-corrected chi connectivity index (χ3v) is 4.49. The molecule has 2 heterocycles. The number of rotatable bonds is 4. The number of nitrogens with zero attached hydrogens (tertiary/aromatic N) is 2. The van der Waals surface area contributed by atoms with E-state index in [-0.39, 0.29) is 11.9 Å². The highest BCUT2D eigenvalue weighted by Crippen LogP contribution is 2.23. The number of hydrogen-bond donors (Lipinski definition) is 1. The number of amides is 1. The molecule has 1 aliphatic heterocycles. The summed E-state index contributed by atoms with van der Waals surface area (Å²) in [4.78, 5) is 18.7. The first kappa shape index (κ1) is 12.1. The van der Waals surface area contributed by atoms with Crippen LogP contribution < -0.4 is 5.32 Å². The summed E-state index contributed by atoms with van der Waals surface area (Å²) in [5.74, 6) is 0.265. The Morgan fingerprint density at radius 2 is 2.33 bits per heavy atom. The molecule has 1 saturated carbocycles. The Morgan fingerprint density at radius 3 is 3.00 bits per heavy atom. The quantitative estimate of drug-likeness (QED) is 0.901. The average Bonchev–Trinajstić information content (AvgIpc) is 3.07. The Kier molecular flexibility index (Phi) is 3.35. The van der Waals surface area contributed by atoms with Gasteiger partial charge in [0.05, 0.1) is 12.6 Å². The van der Waals surface area contributed by atoms with Crippen LogP contribution in [0.1, 0.15) is 36.4 Å². The molecule has 5 heteroatoms. The number of nitrogens with one attached hydrogen (secondary N) is 1. The topological polar surface area (TPSA) is 45.2 Å². The summed E-state index contributed by atoms with van der Waals surface area (Å²) >= 11 is 1.65. The van der Waals surface area contributed by atoms with E-state index in [1.165, 1.54) is 12.8 Å². The molecule has 18 heavy (non-hydrogen) atoms. The zero-order chi connectivity index (χ0) is 12.5. The van der Waals surface area contributed by atoms with Crippen LogP contribution >= 0.6 is 11.3 Å². The van der Waals surface area contributed by atoms with Crippen LogP contribution in [0.25, 0.3) is 0 Å². The molecular weight excluding hydrogens is 246 g/mol. The summed E-state index contributed by atoms with van der Waals surface area (Å²) in [5, 5.41) is 6.55. The van der Waals surface area contributed by atoms with E-state index in [2.05, 4.69) is 10.3 Å². The first-order valence-electron chi connectivity index (χ1n) is 6.68. The van der Waals surface area contributed by atoms with Crippen molar-refractivity contribution in [1.29, 1.82) is 0 Å². The van der Waals surface area contributed by atoms with Crippen molar-refractivity contribution in [3.63, 3.8) is 0 Å². The predicted molar refractivity (Wildman–Crippen MR) is 71.4 cm³/mol. The zero-order valence-electron chi connectivity index (χ0n) is 10.7. The van der Waals surface area contributed by atoms with E-state index < -0.39 is 0 Å². The number of thiazole rings is 1. The predicted octanol–water partition coefficient (Wildman–Crippen LogP) is 1.69. The second-order valence-corrected chi connectivity index (χ2v) is 6.22. The zero-order valence-corrected chi connectivity index (χ0v) is 11.5. The molecule has 0 radical (unpaired) electrons. The maximum atomic E-state index is 12.3. The second-order valence-electron chi connectivity index (χ2n) is 5.28. The summed E-state index contributed by atoms with van der Waals surface area (Å²) in [6.45, 7) is 3.55. The Morgan fingerprint density at radius 1 is 1.50 bits per heavy atom. The molecule has 0 bridgehead atoms. The van der Waals surface area contributed by atoms with E-state index in [0.29, 0.717) is 12.6 Å². The monoisotopic (exact) mass is 265 g/mol. The fraction of sp³-hybridized carbons (Fsp3) is 0.692. The van der Waals surface area contributed by atoms with Gasteiger partial charge in [-0.05, 0) is 32.6 Å². The minimum absolute atomic E-state index is 0.0484. The standard InChI is InChI=1S/C13H19N3OS/c1-9-8-18-12(14-9)7-16-6-2-3-11(13(16)17)15-10-4-5-10/h8,10-11,15H,2-7H2,1H3. The number of likely N-dealkylation sites (tertiary alicyclic amines) is 1. The normalized spacial score (nSPS) is 24.6. The van der Waals surface area contributed by atoms with Crippen molar-refractivity contribution in [3.8, 4) is 0 Å². The van der Waals surface area contributed by atoms with Crippen LogP contribution in [0.15, 0.2) is 5.38 Å². The fourth-order valence-electron chi connectivity index (χ4n) is 2.43. The number of carbonyl (C=O) groups is 1. The van der Waals surface area contributed by atoms with Crippen molar-refractivity contribution in [2.75, 3.05) is 6.54 Å². The van der Waals surface area contributed by atoms with Gasteiger partial charge < -0.3 is 10.2 Å². The van der Waals surface area contributed by atoms with Gasteiger partial charge in [0.1, 0.15) is 5.01 Å². The van der Waals surface area contributed by atoms with Crippen LogP contribution in [0.4, 0.5) is 0 Å². The van der Waals surface area contributed by atoms with Crippen molar-refractivity contribution in [3.05, 3.63) is 16.1 Å². The SMILES string of the molecule is Cc1csc(CN2CCCC(NC3CC3)C2=O)n1. The summed E-state index contributed by atoms with van der Waals surface area (Å²) in [6.07, 6.45) is 4.55. The van der Waals surface area contributed by atoms with Crippen LogP contribution in [-0.2, 0) is 11.3 Å². The minimum atomic E-state index is 0.0484. The van der Waals surface area contributed by atoms with E-state index in [4.69, 9.17) is 0 Å². The van der Waals surface area contributed by atoms with Gasteiger partial charge in [-0.1, -0.05) is 0 Å². The third-order valence-electron chi connectivity index (χ3n) is 3.54. The molecule has 1 N–H and O–H groups in total. The van der Waals surface area contributed by atoms with Crippen molar-refractivity contribution >= 4 is 17.2 Å². The second kappa shape index (κ2) is 4.97. The maximum Gasteiger partial charge on any atom is 0.240 e. The molecule has 1 amide bonds. The van der Waals surface area contributed by atoms with Gasteiger partial charge in [-0.15, -0.1) is 11.3 Å². The molecule has 98 valence electrons. The molecule has 0 spiro atoms. The molecule has 1 aromatic heterocycles. The maximum absolute atomic E-state index is 12.3. The van der Waals surface area contributed by atoms with E-state index >= 15 is 0 Å². The first-order valence-corrected chi connectivity index (χ1v) is 7.56. The highest BCUT2D eigenvalue weighted by Gasteiger charge is 2.33. The van der Waals surface area contributed by atoms with Crippen LogP contribution in [-0.4, -0.2) is 34.4 Å². The van der Waals surface area contributed by atoms with Crippen LogP contribution in [0.3, 0.4) is 0 Å².